The molecule has 0 fully saturated rings. The summed E-state index contributed by atoms with van der Waals surface area (Å²) in [5, 5.41) is 8.74. The van der Waals surface area contributed by atoms with E-state index in [0.717, 1.165) is 0 Å². The fourth-order valence-corrected chi connectivity index (χ4v) is 1.56. The summed E-state index contributed by atoms with van der Waals surface area (Å²) < 4.78 is 13.4. The lowest BCUT2D eigenvalue weighted by molar-refractivity contribution is 0.0696. The molecule has 2 rings (SSSR count). The number of rotatable bonds is 2. The lowest BCUT2D eigenvalue weighted by atomic mass is 10.0. The molecule has 0 aliphatic carbocycles. The molecule has 0 bridgehead atoms. The van der Waals surface area contributed by atoms with Crippen LogP contribution in [-0.2, 0) is 0 Å². The van der Waals surface area contributed by atoms with Gasteiger partial charge in [0.2, 0.25) is 0 Å². The minimum Gasteiger partial charge on any atom is -0.478 e. The Kier molecular flexibility index (Phi) is 2.87. The predicted molar refractivity (Wildman–Crippen MR) is 61.3 cm³/mol. The van der Waals surface area contributed by atoms with Crippen LogP contribution in [0.4, 0.5) is 4.39 Å². The van der Waals surface area contributed by atoms with Crippen LogP contribution >= 0.6 is 0 Å². The van der Waals surface area contributed by atoms with E-state index >= 15 is 0 Å². The summed E-state index contributed by atoms with van der Waals surface area (Å²) in [6.45, 7) is 1.66. The molecule has 1 aromatic heterocycles. The van der Waals surface area contributed by atoms with Crippen LogP contribution in [0.15, 0.2) is 36.5 Å². The van der Waals surface area contributed by atoms with E-state index in [1.54, 1.807) is 25.1 Å². The van der Waals surface area contributed by atoms with Gasteiger partial charge < -0.3 is 5.11 Å². The molecule has 0 unspecified atom stereocenters. The summed E-state index contributed by atoms with van der Waals surface area (Å²) in [6, 6.07) is 7.76. The predicted octanol–water partition coefficient (Wildman–Crippen LogP) is 2.89. The van der Waals surface area contributed by atoms with E-state index < -0.39 is 5.97 Å². The molecule has 0 aliphatic rings. The summed E-state index contributed by atoms with van der Waals surface area (Å²) in [5.41, 5.74) is 1.85. The number of pyridine rings is 1. The fraction of sp³-hybridized carbons (Fsp3) is 0.0769. The molecular formula is C13H10FNO2. The van der Waals surface area contributed by atoms with Gasteiger partial charge >= 0.3 is 5.97 Å². The van der Waals surface area contributed by atoms with Gasteiger partial charge in [-0.15, -0.1) is 0 Å². The van der Waals surface area contributed by atoms with Gasteiger partial charge in [0.1, 0.15) is 5.82 Å². The van der Waals surface area contributed by atoms with Crippen molar-refractivity contribution in [3.05, 3.63) is 53.5 Å². The van der Waals surface area contributed by atoms with Crippen LogP contribution in [-0.4, -0.2) is 16.1 Å². The summed E-state index contributed by atoms with van der Waals surface area (Å²) in [5.74, 6) is -1.33. The van der Waals surface area contributed by atoms with Gasteiger partial charge in [0, 0.05) is 11.8 Å². The first kappa shape index (κ1) is 11.3. The van der Waals surface area contributed by atoms with E-state index in [-0.39, 0.29) is 11.4 Å². The molecule has 3 nitrogen and oxygen atoms in total. The number of nitrogens with zero attached hydrogens (tertiary/aromatic N) is 1. The quantitative estimate of drug-likeness (QED) is 0.864. The number of aromatic nitrogens is 1. The minimum absolute atomic E-state index is 0.114. The van der Waals surface area contributed by atoms with Crippen molar-refractivity contribution in [2.24, 2.45) is 0 Å². The standard InChI is InChI=1S/C13H10FNO2/c1-8-10(3-2-4-11(8)14)12-6-5-9(7-15-12)13(16)17/h2-7H,1H3,(H,16,17). The largest absolute Gasteiger partial charge is 0.478 e. The second kappa shape index (κ2) is 4.33. The summed E-state index contributed by atoms with van der Waals surface area (Å²) in [4.78, 5) is 14.7. The third-order valence-electron chi connectivity index (χ3n) is 2.55. The molecule has 0 atom stereocenters. The molecule has 0 amide bonds. The fourth-order valence-electron chi connectivity index (χ4n) is 1.56. The van der Waals surface area contributed by atoms with E-state index in [1.807, 2.05) is 0 Å². The van der Waals surface area contributed by atoms with Gasteiger partial charge in [-0.25, -0.2) is 9.18 Å². The highest BCUT2D eigenvalue weighted by Gasteiger charge is 2.08. The van der Waals surface area contributed by atoms with Crippen molar-refractivity contribution in [3.8, 4) is 11.3 Å². The molecule has 4 heteroatoms. The van der Waals surface area contributed by atoms with Crippen LogP contribution in [0.25, 0.3) is 11.3 Å². The van der Waals surface area contributed by atoms with Crippen molar-refractivity contribution in [1.29, 1.82) is 0 Å². The van der Waals surface area contributed by atoms with Crippen LogP contribution in [0.3, 0.4) is 0 Å². The molecule has 1 aromatic carbocycles. The number of benzene rings is 1. The number of hydrogen-bond donors (Lipinski definition) is 1. The highest BCUT2D eigenvalue weighted by molar-refractivity contribution is 5.87. The van der Waals surface area contributed by atoms with Crippen LogP contribution in [0.1, 0.15) is 15.9 Å². The molecule has 17 heavy (non-hydrogen) atoms. The number of aromatic carboxylic acids is 1. The van der Waals surface area contributed by atoms with E-state index in [1.165, 1.54) is 18.3 Å². The van der Waals surface area contributed by atoms with Gasteiger partial charge in [0.25, 0.3) is 0 Å². The zero-order valence-corrected chi connectivity index (χ0v) is 9.14. The van der Waals surface area contributed by atoms with E-state index in [2.05, 4.69) is 4.98 Å². The first-order valence-electron chi connectivity index (χ1n) is 5.04. The highest BCUT2D eigenvalue weighted by atomic mass is 19.1. The Morgan fingerprint density at radius 1 is 1.29 bits per heavy atom. The topological polar surface area (TPSA) is 50.2 Å². The van der Waals surface area contributed by atoms with Gasteiger partial charge in [0.05, 0.1) is 11.3 Å². The molecule has 0 saturated carbocycles. The number of carboxylic acids is 1. The Labute approximate surface area is 97.6 Å². The van der Waals surface area contributed by atoms with E-state index in [9.17, 15) is 9.18 Å². The van der Waals surface area contributed by atoms with Crippen molar-refractivity contribution in [3.63, 3.8) is 0 Å². The molecule has 0 saturated heterocycles. The van der Waals surface area contributed by atoms with Crippen molar-refractivity contribution in [2.45, 2.75) is 6.92 Å². The summed E-state index contributed by atoms with van der Waals surface area (Å²) in [7, 11) is 0. The van der Waals surface area contributed by atoms with Crippen molar-refractivity contribution < 1.29 is 14.3 Å². The van der Waals surface area contributed by atoms with Crippen LogP contribution < -0.4 is 0 Å². The average molecular weight is 231 g/mol. The molecule has 0 aliphatic heterocycles. The van der Waals surface area contributed by atoms with Gasteiger partial charge in [-0.05, 0) is 30.7 Å². The highest BCUT2D eigenvalue weighted by Crippen LogP contribution is 2.23. The summed E-state index contributed by atoms with van der Waals surface area (Å²) in [6.07, 6.45) is 1.27. The number of hydrogen-bond acceptors (Lipinski definition) is 2. The maximum absolute atomic E-state index is 13.4. The SMILES string of the molecule is Cc1c(F)cccc1-c1ccc(C(=O)O)cn1. The number of carboxylic acid groups (broad SMARTS) is 1. The maximum Gasteiger partial charge on any atom is 0.337 e. The molecule has 0 radical (unpaired) electrons. The molecule has 1 heterocycles. The van der Waals surface area contributed by atoms with Crippen LogP contribution in [0, 0.1) is 12.7 Å². The monoisotopic (exact) mass is 231 g/mol. The molecule has 0 spiro atoms. The lowest BCUT2D eigenvalue weighted by Crippen LogP contribution is -1.97. The second-order valence-corrected chi connectivity index (χ2v) is 3.65. The van der Waals surface area contributed by atoms with Gasteiger partial charge in [-0.1, -0.05) is 12.1 Å². The Bertz CT molecular complexity index is 564. The Morgan fingerprint density at radius 2 is 2.06 bits per heavy atom. The van der Waals surface area contributed by atoms with E-state index in [0.29, 0.717) is 16.8 Å². The Balaban J connectivity index is 2.47. The van der Waals surface area contributed by atoms with Crippen molar-refractivity contribution in [2.75, 3.05) is 0 Å². The number of halogens is 1. The molecule has 86 valence electrons. The normalized spacial score (nSPS) is 10.2. The maximum atomic E-state index is 13.4. The average Bonchev–Trinajstić information content (AvgIpc) is 2.33. The van der Waals surface area contributed by atoms with Gasteiger partial charge in [0.15, 0.2) is 0 Å². The lowest BCUT2D eigenvalue weighted by Gasteiger charge is -2.06. The third-order valence-corrected chi connectivity index (χ3v) is 2.55. The molecule has 2 aromatic rings. The second-order valence-electron chi connectivity index (χ2n) is 3.65. The van der Waals surface area contributed by atoms with Gasteiger partial charge in [-0.3, -0.25) is 4.98 Å². The van der Waals surface area contributed by atoms with Crippen molar-refractivity contribution in [1.82, 2.24) is 4.98 Å². The zero-order chi connectivity index (χ0) is 12.4. The van der Waals surface area contributed by atoms with Crippen molar-refractivity contribution >= 4 is 5.97 Å². The smallest absolute Gasteiger partial charge is 0.337 e. The summed E-state index contributed by atoms with van der Waals surface area (Å²) >= 11 is 0. The first-order valence-corrected chi connectivity index (χ1v) is 5.04. The molecule has 1 N–H and O–H groups in total. The third kappa shape index (κ3) is 2.15. The Hall–Kier alpha value is -2.23. The van der Waals surface area contributed by atoms with Gasteiger partial charge in [-0.2, -0.15) is 0 Å². The Morgan fingerprint density at radius 3 is 2.65 bits per heavy atom. The molecular weight excluding hydrogens is 221 g/mol. The van der Waals surface area contributed by atoms with E-state index in [4.69, 9.17) is 5.11 Å². The van der Waals surface area contributed by atoms with Crippen LogP contribution in [0.2, 0.25) is 0 Å². The number of carbonyl (C=O) groups is 1. The minimum atomic E-state index is -1.03. The van der Waals surface area contributed by atoms with Crippen LogP contribution in [0.5, 0.6) is 0 Å². The zero-order valence-electron chi connectivity index (χ0n) is 9.14. The first-order chi connectivity index (χ1) is 8.09.